The lowest BCUT2D eigenvalue weighted by atomic mass is 10.1. The van der Waals surface area contributed by atoms with E-state index < -0.39 is 10.0 Å². The van der Waals surface area contributed by atoms with Crippen LogP contribution in [0.1, 0.15) is 34.8 Å². The molecule has 1 atom stereocenters. The Labute approximate surface area is 188 Å². The van der Waals surface area contributed by atoms with Crippen LogP contribution in [0.3, 0.4) is 0 Å². The highest BCUT2D eigenvalue weighted by Crippen LogP contribution is 2.21. The Hall–Kier alpha value is -2.67. The smallest absolute Gasteiger partial charge is 0.255 e. The molecular formula is C24H25ClN2O3S. The molecule has 0 spiro atoms. The third kappa shape index (κ3) is 6.40. The van der Waals surface area contributed by atoms with Crippen LogP contribution in [0, 0.1) is 6.92 Å². The largest absolute Gasteiger partial charge is 0.322 e. The highest BCUT2D eigenvalue weighted by Gasteiger charge is 2.19. The van der Waals surface area contributed by atoms with Crippen LogP contribution < -0.4 is 10.0 Å². The Bertz CT molecular complexity index is 1150. The van der Waals surface area contributed by atoms with E-state index in [-0.39, 0.29) is 16.8 Å². The van der Waals surface area contributed by atoms with Crippen LogP contribution in [-0.2, 0) is 16.4 Å². The zero-order valence-corrected chi connectivity index (χ0v) is 19.0. The van der Waals surface area contributed by atoms with Crippen LogP contribution in [0.15, 0.2) is 77.7 Å². The van der Waals surface area contributed by atoms with E-state index in [0.717, 1.165) is 6.42 Å². The normalized spacial score (nSPS) is 12.4. The molecule has 162 valence electrons. The fourth-order valence-electron chi connectivity index (χ4n) is 3.16. The number of anilines is 1. The molecule has 0 saturated carbocycles. The third-order valence-corrected chi connectivity index (χ3v) is 6.77. The first-order valence-corrected chi connectivity index (χ1v) is 11.8. The van der Waals surface area contributed by atoms with Crippen molar-refractivity contribution < 1.29 is 13.2 Å². The maximum atomic E-state index is 12.8. The van der Waals surface area contributed by atoms with E-state index in [9.17, 15) is 13.2 Å². The molecule has 0 aromatic heterocycles. The first-order valence-electron chi connectivity index (χ1n) is 9.98. The molecule has 3 aromatic rings. The number of hydrogen-bond donors (Lipinski definition) is 2. The lowest BCUT2D eigenvalue weighted by Crippen LogP contribution is -2.33. The van der Waals surface area contributed by atoms with Crippen LogP contribution in [0.5, 0.6) is 0 Å². The first-order chi connectivity index (χ1) is 14.7. The molecule has 7 heteroatoms. The van der Waals surface area contributed by atoms with Gasteiger partial charge in [-0.25, -0.2) is 13.1 Å². The van der Waals surface area contributed by atoms with Gasteiger partial charge in [-0.2, -0.15) is 0 Å². The van der Waals surface area contributed by atoms with Gasteiger partial charge in [-0.15, -0.1) is 0 Å². The predicted octanol–water partition coefficient (Wildman–Crippen LogP) is 5.20. The standard InChI is InChI=1S/C24H25ClN2O3S/c1-17-16-22(14-15-23(17)26-24(28)20-10-12-21(25)13-11-20)31(29,30)27-18(2)8-9-19-6-4-3-5-7-19/h3-7,10-16,18,27H,8-9H2,1-2H3,(H,26,28)/t18-/m1/s1. The summed E-state index contributed by atoms with van der Waals surface area (Å²) < 4.78 is 28.3. The van der Waals surface area contributed by atoms with E-state index in [1.165, 1.54) is 11.6 Å². The van der Waals surface area contributed by atoms with Crippen LogP contribution in [0.25, 0.3) is 0 Å². The molecule has 0 fully saturated rings. The molecule has 0 unspecified atom stereocenters. The summed E-state index contributed by atoms with van der Waals surface area (Å²) in [4.78, 5) is 12.6. The van der Waals surface area contributed by atoms with Gasteiger partial charge >= 0.3 is 0 Å². The van der Waals surface area contributed by atoms with Gasteiger partial charge in [-0.1, -0.05) is 41.9 Å². The molecule has 3 rings (SSSR count). The van der Waals surface area contributed by atoms with Gasteiger partial charge in [0.1, 0.15) is 0 Å². The van der Waals surface area contributed by atoms with Crippen molar-refractivity contribution in [3.8, 4) is 0 Å². The molecule has 0 bridgehead atoms. The summed E-state index contributed by atoms with van der Waals surface area (Å²) >= 11 is 5.85. The summed E-state index contributed by atoms with van der Waals surface area (Å²) in [5.41, 5.74) is 2.85. The quantitative estimate of drug-likeness (QED) is 0.489. The number of nitrogens with one attached hydrogen (secondary N) is 2. The molecule has 2 N–H and O–H groups in total. The van der Waals surface area contributed by atoms with E-state index >= 15 is 0 Å². The lowest BCUT2D eigenvalue weighted by molar-refractivity contribution is 0.102. The minimum absolute atomic E-state index is 0.168. The highest BCUT2D eigenvalue weighted by molar-refractivity contribution is 7.89. The maximum Gasteiger partial charge on any atom is 0.255 e. The van der Waals surface area contributed by atoms with Gasteiger partial charge in [0.15, 0.2) is 0 Å². The number of amides is 1. The second-order valence-corrected chi connectivity index (χ2v) is 9.63. The summed E-state index contributed by atoms with van der Waals surface area (Å²) in [7, 11) is -3.67. The molecule has 0 aliphatic heterocycles. The van der Waals surface area contributed by atoms with Crippen molar-refractivity contribution in [3.05, 3.63) is 94.5 Å². The maximum absolute atomic E-state index is 12.8. The fourth-order valence-corrected chi connectivity index (χ4v) is 4.65. The van der Waals surface area contributed by atoms with Gasteiger partial charge in [-0.05, 0) is 80.3 Å². The van der Waals surface area contributed by atoms with Gasteiger partial charge in [0.2, 0.25) is 10.0 Å². The van der Waals surface area contributed by atoms with Crippen molar-refractivity contribution >= 4 is 33.2 Å². The SMILES string of the molecule is Cc1cc(S(=O)(=O)N[C@H](C)CCc2ccccc2)ccc1NC(=O)c1ccc(Cl)cc1. The van der Waals surface area contributed by atoms with E-state index in [0.29, 0.717) is 28.3 Å². The Morgan fingerprint density at radius 1 is 1.00 bits per heavy atom. The van der Waals surface area contributed by atoms with Crippen molar-refractivity contribution in [2.24, 2.45) is 0 Å². The average molecular weight is 457 g/mol. The number of aryl methyl sites for hydroxylation is 2. The molecule has 5 nitrogen and oxygen atoms in total. The summed E-state index contributed by atoms with van der Waals surface area (Å²) in [6.45, 7) is 3.61. The fraction of sp³-hybridized carbons (Fsp3) is 0.208. The van der Waals surface area contributed by atoms with Gasteiger partial charge in [0, 0.05) is 22.3 Å². The Balaban J connectivity index is 1.64. The molecule has 31 heavy (non-hydrogen) atoms. The van der Waals surface area contributed by atoms with Gasteiger partial charge in [-0.3, -0.25) is 4.79 Å². The Morgan fingerprint density at radius 3 is 2.32 bits per heavy atom. The van der Waals surface area contributed by atoms with Crippen molar-refractivity contribution in [3.63, 3.8) is 0 Å². The highest BCUT2D eigenvalue weighted by atomic mass is 35.5. The monoisotopic (exact) mass is 456 g/mol. The zero-order valence-electron chi connectivity index (χ0n) is 17.4. The molecule has 0 heterocycles. The summed E-state index contributed by atoms with van der Waals surface area (Å²) in [6.07, 6.45) is 1.48. The molecule has 0 aliphatic carbocycles. The minimum Gasteiger partial charge on any atom is -0.322 e. The van der Waals surface area contributed by atoms with Crippen LogP contribution in [0.4, 0.5) is 5.69 Å². The number of halogens is 1. The molecular weight excluding hydrogens is 432 g/mol. The second-order valence-electron chi connectivity index (χ2n) is 7.48. The van der Waals surface area contributed by atoms with E-state index in [1.807, 2.05) is 37.3 Å². The number of carbonyl (C=O) groups excluding carboxylic acids is 1. The first kappa shape index (κ1) is 23.0. The average Bonchev–Trinajstić information content (AvgIpc) is 2.74. The Morgan fingerprint density at radius 2 is 1.68 bits per heavy atom. The number of sulfonamides is 1. The van der Waals surface area contributed by atoms with E-state index in [2.05, 4.69) is 10.0 Å². The minimum atomic E-state index is -3.67. The number of hydrogen-bond acceptors (Lipinski definition) is 3. The van der Waals surface area contributed by atoms with Gasteiger partial charge in [0.05, 0.1) is 4.90 Å². The topological polar surface area (TPSA) is 75.3 Å². The third-order valence-electron chi connectivity index (χ3n) is 4.93. The van der Waals surface area contributed by atoms with Crippen molar-refractivity contribution in [1.29, 1.82) is 0 Å². The van der Waals surface area contributed by atoms with Crippen molar-refractivity contribution in [2.75, 3.05) is 5.32 Å². The van der Waals surface area contributed by atoms with Crippen LogP contribution in [-0.4, -0.2) is 20.4 Å². The molecule has 0 radical (unpaired) electrons. The zero-order chi connectivity index (χ0) is 22.4. The lowest BCUT2D eigenvalue weighted by Gasteiger charge is -2.16. The summed E-state index contributed by atoms with van der Waals surface area (Å²) in [5, 5.41) is 3.36. The summed E-state index contributed by atoms with van der Waals surface area (Å²) in [5.74, 6) is -0.289. The van der Waals surface area contributed by atoms with Crippen molar-refractivity contribution in [1.82, 2.24) is 4.72 Å². The van der Waals surface area contributed by atoms with E-state index in [1.54, 1.807) is 43.3 Å². The number of rotatable bonds is 8. The molecule has 0 saturated heterocycles. The van der Waals surface area contributed by atoms with Gasteiger partial charge < -0.3 is 5.32 Å². The summed E-state index contributed by atoms with van der Waals surface area (Å²) in [6, 6.07) is 21.0. The molecule has 0 aliphatic rings. The number of benzene rings is 3. The molecule has 3 aromatic carbocycles. The second kappa shape index (κ2) is 10.1. The van der Waals surface area contributed by atoms with Gasteiger partial charge in [0.25, 0.3) is 5.91 Å². The van der Waals surface area contributed by atoms with Crippen LogP contribution in [0.2, 0.25) is 5.02 Å². The van der Waals surface area contributed by atoms with Crippen LogP contribution >= 0.6 is 11.6 Å². The number of carbonyl (C=O) groups is 1. The van der Waals surface area contributed by atoms with E-state index in [4.69, 9.17) is 11.6 Å². The molecule has 1 amide bonds. The van der Waals surface area contributed by atoms with Crippen molar-refractivity contribution in [2.45, 2.75) is 37.6 Å². The predicted molar refractivity (Wildman–Crippen MR) is 125 cm³/mol. The Kier molecular flexibility index (Phi) is 7.49.